The van der Waals surface area contributed by atoms with Crippen molar-refractivity contribution in [3.8, 4) is 0 Å². The molecule has 2 N–H and O–H groups in total. The number of thiophene rings is 2. The van der Waals surface area contributed by atoms with E-state index in [-0.39, 0.29) is 12.6 Å². The minimum Gasteiger partial charge on any atom is -0.480 e. The predicted molar refractivity (Wildman–Crippen MR) is 71.1 cm³/mol. The lowest BCUT2D eigenvalue weighted by Gasteiger charge is -2.14. The van der Waals surface area contributed by atoms with Gasteiger partial charge in [-0.1, -0.05) is 17.7 Å². The highest BCUT2D eigenvalue weighted by Crippen LogP contribution is 2.32. The molecule has 0 aliphatic carbocycles. The lowest BCUT2D eigenvalue weighted by molar-refractivity contribution is -0.136. The van der Waals surface area contributed by atoms with Gasteiger partial charge < -0.3 is 5.11 Å². The molecule has 0 saturated heterocycles. The lowest BCUT2D eigenvalue weighted by atomic mass is 10.2. The van der Waals surface area contributed by atoms with E-state index in [0.717, 1.165) is 9.75 Å². The van der Waals surface area contributed by atoms with Crippen molar-refractivity contribution in [1.29, 1.82) is 0 Å². The summed E-state index contributed by atoms with van der Waals surface area (Å²) in [6, 6.07) is 7.59. The van der Waals surface area contributed by atoms with Crippen molar-refractivity contribution in [2.75, 3.05) is 6.54 Å². The van der Waals surface area contributed by atoms with Gasteiger partial charge in [0.2, 0.25) is 0 Å². The van der Waals surface area contributed by atoms with Gasteiger partial charge >= 0.3 is 5.97 Å². The van der Waals surface area contributed by atoms with Crippen LogP contribution in [0.25, 0.3) is 0 Å². The number of hydrogen-bond acceptors (Lipinski definition) is 4. The van der Waals surface area contributed by atoms with E-state index in [9.17, 15) is 4.79 Å². The molecule has 2 aromatic heterocycles. The molecule has 17 heavy (non-hydrogen) atoms. The van der Waals surface area contributed by atoms with E-state index < -0.39 is 5.97 Å². The molecule has 0 aliphatic rings. The largest absolute Gasteiger partial charge is 0.480 e. The summed E-state index contributed by atoms with van der Waals surface area (Å²) in [5.74, 6) is -0.866. The number of halogens is 1. The third-order valence-electron chi connectivity index (χ3n) is 2.16. The average molecular weight is 288 g/mol. The summed E-state index contributed by atoms with van der Waals surface area (Å²) in [5.41, 5.74) is 0. The van der Waals surface area contributed by atoms with Gasteiger partial charge in [-0.25, -0.2) is 0 Å². The molecule has 0 aliphatic heterocycles. The van der Waals surface area contributed by atoms with Crippen LogP contribution in [0.3, 0.4) is 0 Å². The second kappa shape index (κ2) is 5.64. The van der Waals surface area contributed by atoms with Gasteiger partial charge in [-0.05, 0) is 23.6 Å². The quantitative estimate of drug-likeness (QED) is 0.888. The molecule has 1 unspecified atom stereocenters. The van der Waals surface area contributed by atoms with Crippen LogP contribution in [-0.2, 0) is 4.79 Å². The summed E-state index contributed by atoms with van der Waals surface area (Å²) >= 11 is 8.96. The molecule has 0 spiro atoms. The summed E-state index contributed by atoms with van der Waals surface area (Å²) in [7, 11) is 0. The van der Waals surface area contributed by atoms with Crippen molar-refractivity contribution in [3.63, 3.8) is 0 Å². The smallest absolute Gasteiger partial charge is 0.317 e. The molecule has 0 radical (unpaired) electrons. The third kappa shape index (κ3) is 3.29. The van der Waals surface area contributed by atoms with Gasteiger partial charge in [0, 0.05) is 9.75 Å². The van der Waals surface area contributed by atoms with Gasteiger partial charge in [0.05, 0.1) is 16.9 Å². The summed E-state index contributed by atoms with van der Waals surface area (Å²) in [4.78, 5) is 12.7. The number of nitrogens with one attached hydrogen (secondary N) is 1. The molecule has 0 aromatic carbocycles. The molecule has 0 saturated carbocycles. The Labute approximate surface area is 112 Å². The van der Waals surface area contributed by atoms with Crippen LogP contribution in [0.4, 0.5) is 0 Å². The molecule has 2 heterocycles. The first-order valence-corrected chi connectivity index (χ1v) is 6.98. The topological polar surface area (TPSA) is 49.3 Å². The van der Waals surface area contributed by atoms with E-state index in [1.807, 2.05) is 29.6 Å². The van der Waals surface area contributed by atoms with Crippen LogP contribution in [0.2, 0.25) is 4.34 Å². The van der Waals surface area contributed by atoms with E-state index >= 15 is 0 Å². The summed E-state index contributed by atoms with van der Waals surface area (Å²) in [6.45, 7) is -0.0713. The van der Waals surface area contributed by atoms with Crippen LogP contribution in [0.1, 0.15) is 15.8 Å². The highest BCUT2D eigenvalue weighted by molar-refractivity contribution is 7.16. The highest BCUT2D eigenvalue weighted by atomic mass is 35.5. The Morgan fingerprint density at radius 2 is 2.24 bits per heavy atom. The molecular weight excluding hydrogens is 278 g/mol. The normalized spacial score (nSPS) is 12.5. The van der Waals surface area contributed by atoms with E-state index in [1.54, 1.807) is 11.3 Å². The maximum Gasteiger partial charge on any atom is 0.317 e. The number of aliphatic carboxylic acids is 1. The van der Waals surface area contributed by atoms with Crippen LogP contribution in [0.15, 0.2) is 29.6 Å². The van der Waals surface area contributed by atoms with E-state index in [2.05, 4.69) is 5.32 Å². The molecule has 2 rings (SSSR count). The van der Waals surface area contributed by atoms with Crippen molar-refractivity contribution in [2.24, 2.45) is 0 Å². The molecule has 90 valence electrons. The van der Waals surface area contributed by atoms with Crippen LogP contribution < -0.4 is 5.32 Å². The number of carboxylic acids is 1. The van der Waals surface area contributed by atoms with Gasteiger partial charge in [0.15, 0.2) is 0 Å². The van der Waals surface area contributed by atoms with E-state index in [1.165, 1.54) is 11.3 Å². The number of rotatable bonds is 5. The van der Waals surface area contributed by atoms with Gasteiger partial charge in [-0.15, -0.1) is 22.7 Å². The molecular formula is C11H10ClNO2S2. The molecule has 0 bridgehead atoms. The van der Waals surface area contributed by atoms with Crippen LogP contribution in [-0.4, -0.2) is 17.6 Å². The molecule has 3 nitrogen and oxygen atoms in total. The molecule has 0 fully saturated rings. The van der Waals surface area contributed by atoms with Gasteiger partial charge in [-0.3, -0.25) is 10.1 Å². The lowest BCUT2D eigenvalue weighted by Crippen LogP contribution is -2.27. The second-order valence-corrected chi connectivity index (χ2v) is 6.09. The Bertz CT molecular complexity index is 495. The zero-order valence-electron chi connectivity index (χ0n) is 8.72. The zero-order chi connectivity index (χ0) is 12.3. The zero-order valence-corrected chi connectivity index (χ0v) is 11.1. The summed E-state index contributed by atoms with van der Waals surface area (Å²) < 4.78 is 0.707. The van der Waals surface area contributed by atoms with E-state index in [4.69, 9.17) is 16.7 Å². The fourth-order valence-corrected chi connectivity index (χ4v) is 3.52. The number of carboxylic acid groups (broad SMARTS) is 1. The Kier molecular flexibility index (Phi) is 4.17. The van der Waals surface area contributed by atoms with Crippen molar-refractivity contribution < 1.29 is 9.90 Å². The Hall–Kier alpha value is -0.880. The summed E-state index contributed by atoms with van der Waals surface area (Å²) in [5, 5.41) is 13.7. The average Bonchev–Trinajstić information content (AvgIpc) is 2.90. The predicted octanol–water partition coefficient (Wildman–Crippen LogP) is 3.23. The Morgan fingerprint density at radius 1 is 1.41 bits per heavy atom. The molecule has 0 amide bonds. The summed E-state index contributed by atoms with van der Waals surface area (Å²) in [6.07, 6.45) is 0. The fourth-order valence-electron chi connectivity index (χ4n) is 1.47. The Morgan fingerprint density at radius 3 is 2.76 bits per heavy atom. The van der Waals surface area contributed by atoms with Crippen LogP contribution in [0.5, 0.6) is 0 Å². The van der Waals surface area contributed by atoms with Gasteiger partial charge in [0.1, 0.15) is 0 Å². The first-order chi connectivity index (χ1) is 8.16. The van der Waals surface area contributed by atoms with Crippen LogP contribution >= 0.6 is 34.3 Å². The number of hydrogen-bond donors (Lipinski definition) is 2. The van der Waals surface area contributed by atoms with Crippen molar-refractivity contribution in [3.05, 3.63) is 43.7 Å². The molecule has 6 heteroatoms. The van der Waals surface area contributed by atoms with Gasteiger partial charge in [0.25, 0.3) is 0 Å². The van der Waals surface area contributed by atoms with E-state index in [0.29, 0.717) is 4.34 Å². The standard InChI is InChI=1S/C11H10ClNO2S2/c12-9-4-3-8(17-9)11(13-6-10(14)15)7-2-1-5-16-7/h1-5,11,13H,6H2,(H,14,15). The van der Waals surface area contributed by atoms with Gasteiger partial charge in [-0.2, -0.15) is 0 Å². The fraction of sp³-hybridized carbons (Fsp3) is 0.182. The second-order valence-electron chi connectivity index (χ2n) is 3.36. The third-order valence-corrected chi connectivity index (χ3v) is 4.40. The minimum absolute atomic E-state index is 0.0713. The van der Waals surface area contributed by atoms with Crippen molar-refractivity contribution in [1.82, 2.24) is 5.32 Å². The van der Waals surface area contributed by atoms with Crippen LogP contribution in [0, 0.1) is 0 Å². The maximum absolute atomic E-state index is 10.6. The monoisotopic (exact) mass is 287 g/mol. The SMILES string of the molecule is O=C(O)CNC(c1cccs1)c1ccc(Cl)s1. The highest BCUT2D eigenvalue weighted by Gasteiger charge is 2.17. The molecule has 1 atom stereocenters. The molecule has 2 aromatic rings. The van der Waals surface area contributed by atoms with Crippen molar-refractivity contribution in [2.45, 2.75) is 6.04 Å². The first kappa shape index (κ1) is 12.6. The Balaban J connectivity index is 2.21. The minimum atomic E-state index is -0.866. The number of carbonyl (C=O) groups is 1. The van der Waals surface area contributed by atoms with Crippen molar-refractivity contribution >= 4 is 40.2 Å². The first-order valence-electron chi connectivity index (χ1n) is 4.90. The maximum atomic E-state index is 10.6.